The number of aliphatic carboxylic acids is 1. The number of nitrogens with one attached hydrogen (secondary N) is 1. The summed E-state index contributed by atoms with van der Waals surface area (Å²) in [7, 11) is 0. The standard InChI is InChI=1S/C28H30F6N2O3/c29-27(30,31)18-6-8-19(9-7-18)35-23-11-5-15-12-16(4-10-22(15)24(23)28(32,33)34)25(37)36-20-2-1-3-21(36)14-17(13-20)26(38)39/h4-5,10-12,17-21,35H,1-3,6-9,13-14H2,(H,38,39). The Kier molecular flexibility index (Phi) is 7.22. The Morgan fingerprint density at radius 2 is 1.51 bits per heavy atom. The molecule has 0 aromatic heterocycles. The number of rotatable bonds is 4. The molecule has 3 aliphatic rings. The second-order valence-electron chi connectivity index (χ2n) is 11.1. The molecule has 11 heteroatoms. The molecule has 1 amide bonds. The lowest BCUT2D eigenvalue weighted by atomic mass is 9.78. The number of alkyl halides is 6. The molecule has 39 heavy (non-hydrogen) atoms. The van der Waals surface area contributed by atoms with Crippen molar-refractivity contribution in [1.82, 2.24) is 4.90 Å². The molecule has 2 N–H and O–H groups in total. The highest BCUT2D eigenvalue weighted by Crippen LogP contribution is 2.43. The molecule has 2 bridgehead atoms. The summed E-state index contributed by atoms with van der Waals surface area (Å²) in [6.45, 7) is 0. The van der Waals surface area contributed by atoms with Crippen LogP contribution in [0.3, 0.4) is 0 Å². The fourth-order valence-corrected chi connectivity index (χ4v) is 6.74. The molecule has 1 aliphatic carbocycles. The number of carboxylic acid groups (broad SMARTS) is 1. The number of nitrogens with zero attached hydrogens (tertiary/aromatic N) is 1. The van der Waals surface area contributed by atoms with Gasteiger partial charge in [0.15, 0.2) is 0 Å². The number of benzene rings is 2. The summed E-state index contributed by atoms with van der Waals surface area (Å²) in [6, 6.07) is 5.91. The summed E-state index contributed by atoms with van der Waals surface area (Å²) in [4.78, 5) is 26.8. The fourth-order valence-electron chi connectivity index (χ4n) is 6.74. The van der Waals surface area contributed by atoms with Gasteiger partial charge in [0.25, 0.3) is 5.91 Å². The predicted molar refractivity (Wildman–Crippen MR) is 132 cm³/mol. The van der Waals surface area contributed by atoms with Gasteiger partial charge in [-0.3, -0.25) is 9.59 Å². The Morgan fingerprint density at radius 3 is 2.08 bits per heavy atom. The van der Waals surface area contributed by atoms with Gasteiger partial charge in [-0.15, -0.1) is 0 Å². The summed E-state index contributed by atoms with van der Waals surface area (Å²) in [6.07, 6.45) is -6.05. The van der Waals surface area contributed by atoms with Crippen molar-refractivity contribution in [2.75, 3.05) is 5.32 Å². The number of anilines is 1. The lowest BCUT2D eigenvalue weighted by molar-refractivity contribution is -0.182. The number of fused-ring (bicyclic) bond motifs is 3. The maximum atomic E-state index is 14.2. The van der Waals surface area contributed by atoms with E-state index in [0.717, 1.165) is 6.42 Å². The van der Waals surface area contributed by atoms with Gasteiger partial charge in [-0.1, -0.05) is 12.1 Å². The molecule has 0 spiro atoms. The lowest BCUT2D eigenvalue weighted by Gasteiger charge is -2.48. The van der Waals surface area contributed by atoms with Gasteiger partial charge in [0.1, 0.15) is 0 Å². The summed E-state index contributed by atoms with van der Waals surface area (Å²) < 4.78 is 81.7. The van der Waals surface area contributed by atoms with Crippen LogP contribution in [0.25, 0.3) is 10.8 Å². The van der Waals surface area contributed by atoms with E-state index in [2.05, 4.69) is 5.32 Å². The zero-order valence-electron chi connectivity index (χ0n) is 21.1. The number of carboxylic acids is 1. The SMILES string of the molecule is O=C(O)C1CC2CCCC(C1)N2C(=O)c1ccc2c(C(F)(F)F)c(NC3CCC(C(F)(F)F)CC3)ccc2c1. The molecule has 2 aromatic rings. The van der Waals surface area contributed by atoms with Gasteiger partial charge in [0, 0.05) is 29.4 Å². The van der Waals surface area contributed by atoms with Crippen molar-refractivity contribution in [1.29, 1.82) is 0 Å². The third kappa shape index (κ3) is 5.54. The normalized spacial score (nSPS) is 27.8. The second-order valence-corrected chi connectivity index (χ2v) is 11.1. The van der Waals surface area contributed by atoms with Gasteiger partial charge >= 0.3 is 18.3 Å². The monoisotopic (exact) mass is 556 g/mol. The average molecular weight is 557 g/mol. The molecule has 3 fully saturated rings. The predicted octanol–water partition coefficient (Wildman–Crippen LogP) is 7.25. The van der Waals surface area contributed by atoms with E-state index in [4.69, 9.17) is 0 Å². The first kappa shape index (κ1) is 27.6. The van der Waals surface area contributed by atoms with Crippen molar-refractivity contribution >= 4 is 28.3 Å². The van der Waals surface area contributed by atoms with Crippen molar-refractivity contribution in [3.05, 3.63) is 41.5 Å². The van der Waals surface area contributed by atoms with Crippen LogP contribution in [-0.4, -0.2) is 46.2 Å². The van der Waals surface area contributed by atoms with E-state index in [-0.39, 0.29) is 65.7 Å². The Bertz CT molecular complexity index is 1240. The highest BCUT2D eigenvalue weighted by Gasteiger charge is 2.44. The van der Waals surface area contributed by atoms with Crippen LogP contribution in [0.1, 0.15) is 73.7 Å². The minimum atomic E-state index is -4.73. The molecular formula is C28H30F6N2O3. The maximum absolute atomic E-state index is 14.2. The average Bonchev–Trinajstić information content (AvgIpc) is 2.86. The first-order chi connectivity index (χ1) is 18.3. The van der Waals surface area contributed by atoms with Gasteiger partial charge < -0.3 is 15.3 Å². The Morgan fingerprint density at radius 1 is 0.872 bits per heavy atom. The van der Waals surface area contributed by atoms with Crippen LogP contribution >= 0.6 is 0 Å². The van der Waals surface area contributed by atoms with E-state index >= 15 is 0 Å². The molecule has 5 nitrogen and oxygen atoms in total. The number of carbonyl (C=O) groups excluding carboxylic acids is 1. The maximum Gasteiger partial charge on any atom is 0.418 e. The number of hydrogen-bond donors (Lipinski definition) is 2. The van der Waals surface area contributed by atoms with Gasteiger partial charge in [0.2, 0.25) is 0 Å². The van der Waals surface area contributed by atoms with E-state index in [1.807, 2.05) is 0 Å². The Balaban J connectivity index is 1.40. The van der Waals surface area contributed by atoms with Crippen molar-refractivity contribution in [3.63, 3.8) is 0 Å². The van der Waals surface area contributed by atoms with Crippen molar-refractivity contribution < 1.29 is 41.0 Å². The minimum Gasteiger partial charge on any atom is -0.481 e. The molecule has 2 unspecified atom stereocenters. The van der Waals surface area contributed by atoms with E-state index in [0.29, 0.717) is 25.7 Å². The molecule has 5 rings (SSSR count). The third-order valence-corrected chi connectivity index (χ3v) is 8.66. The number of halogens is 6. The van der Waals surface area contributed by atoms with Crippen LogP contribution in [0.4, 0.5) is 32.0 Å². The molecule has 2 atom stereocenters. The molecule has 2 aromatic carbocycles. The Labute approximate surface area is 221 Å². The summed E-state index contributed by atoms with van der Waals surface area (Å²) in [5, 5.41) is 12.4. The van der Waals surface area contributed by atoms with Crippen LogP contribution in [0.15, 0.2) is 30.3 Å². The quantitative estimate of drug-likeness (QED) is 0.390. The zero-order valence-corrected chi connectivity index (χ0v) is 21.1. The molecule has 2 heterocycles. The highest BCUT2D eigenvalue weighted by atomic mass is 19.4. The van der Waals surface area contributed by atoms with Crippen LogP contribution in [0, 0.1) is 11.8 Å². The van der Waals surface area contributed by atoms with Crippen LogP contribution in [0.5, 0.6) is 0 Å². The van der Waals surface area contributed by atoms with E-state index in [1.165, 1.54) is 30.3 Å². The second kappa shape index (κ2) is 10.2. The molecule has 2 saturated heterocycles. The van der Waals surface area contributed by atoms with Crippen molar-refractivity contribution in [3.8, 4) is 0 Å². The van der Waals surface area contributed by atoms with Gasteiger partial charge in [-0.05, 0) is 86.8 Å². The van der Waals surface area contributed by atoms with Gasteiger partial charge in [0.05, 0.1) is 17.4 Å². The molecule has 0 radical (unpaired) electrons. The largest absolute Gasteiger partial charge is 0.481 e. The third-order valence-electron chi connectivity index (χ3n) is 8.66. The summed E-state index contributed by atoms with van der Waals surface area (Å²) in [5.41, 5.74) is -0.849. The Hall–Kier alpha value is -2.98. The van der Waals surface area contributed by atoms with E-state index in [1.54, 1.807) is 4.90 Å². The smallest absolute Gasteiger partial charge is 0.418 e. The lowest BCUT2D eigenvalue weighted by Crippen LogP contribution is -2.55. The number of hydrogen-bond acceptors (Lipinski definition) is 3. The topological polar surface area (TPSA) is 69.6 Å². The van der Waals surface area contributed by atoms with Crippen LogP contribution in [0.2, 0.25) is 0 Å². The summed E-state index contributed by atoms with van der Waals surface area (Å²) >= 11 is 0. The number of carbonyl (C=O) groups is 2. The van der Waals surface area contributed by atoms with Crippen LogP contribution < -0.4 is 5.32 Å². The first-order valence-electron chi connectivity index (χ1n) is 13.4. The van der Waals surface area contributed by atoms with E-state index < -0.39 is 41.8 Å². The van der Waals surface area contributed by atoms with Gasteiger partial charge in [-0.2, -0.15) is 26.3 Å². The fraction of sp³-hybridized carbons (Fsp3) is 0.571. The van der Waals surface area contributed by atoms with E-state index in [9.17, 15) is 41.0 Å². The molecule has 2 aliphatic heterocycles. The van der Waals surface area contributed by atoms with Crippen molar-refractivity contribution in [2.45, 2.75) is 88.3 Å². The van der Waals surface area contributed by atoms with Gasteiger partial charge in [-0.25, -0.2) is 0 Å². The molecule has 212 valence electrons. The minimum absolute atomic E-state index is 0.0993. The summed E-state index contributed by atoms with van der Waals surface area (Å²) in [5.74, 6) is -3.13. The number of amides is 1. The molecule has 1 saturated carbocycles. The highest BCUT2D eigenvalue weighted by molar-refractivity contribution is 6.01. The molecular weight excluding hydrogens is 526 g/mol. The van der Waals surface area contributed by atoms with Crippen LogP contribution in [-0.2, 0) is 11.0 Å². The van der Waals surface area contributed by atoms with Crippen molar-refractivity contribution in [2.24, 2.45) is 11.8 Å². The zero-order chi connectivity index (χ0) is 28.1. The number of piperidine rings is 2. The first-order valence-corrected chi connectivity index (χ1v) is 13.4.